The number of Topliss-reactive ketones (excluding diaryl/α,β-unsaturated/α-hetero) is 1. The Morgan fingerprint density at radius 3 is 2.88 bits per heavy atom. The maximum atomic E-state index is 11.6. The van der Waals surface area contributed by atoms with E-state index in [0.29, 0.717) is 31.8 Å². The number of ether oxygens (including phenoxy) is 1. The van der Waals surface area contributed by atoms with Crippen molar-refractivity contribution in [2.75, 3.05) is 19.7 Å². The van der Waals surface area contributed by atoms with Crippen molar-refractivity contribution in [1.29, 1.82) is 0 Å². The quantitative estimate of drug-likeness (QED) is 0.690. The van der Waals surface area contributed by atoms with Crippen molar-refractivity contribution in [1.82, 2.24) is 4.90 Å². The molecule has 0 unspecified atom stereocenters. The molecule has 0 aromatic carbocycles. The van der Waals surface area contributed by atoms with Crippen molar-refractivity contribution in [2.45, 2.75) is 39.0 Å². The maximum Gasteiger partial charge on any atom is 0.409 e. The second kappa shape index (κ2) is 4.44. The SMILES string of the molecule is CCCCOC(=O)N1CCC2(CC(=O)C2)C1. The van der Waals surface area contributed by atoms with E-state index >= 15 is 0 Å². The molecule has 0 aromatic rings. The molecule has 0 radical (unpaired) electrons. The van der Waals surface area contributed by atoms with Crippen LogP contribution in [0.4, 0.5) is 4.79 Å². The normalized spacial score (nSPS) is 22.3. The van der Waals surface area contributed by atoms with Gasteiger partial charge < -0.3 is 9.64 Å². The van der Waals surface area contributed by atoms with Gasteiger partial charge in [0.25, 0.3) is 0 Å². The highest BCUT2D eigenvalue weighted by Gasteiger charge is 2.49. The van der Waals surface area contributed by atoms with Crippen LogP contribution in [0.15, 0.2) is 0 Å². The molecule has 1 spiro atoms. The molecule has 4 heteroatoms. The molecule has 16 heavy (non-hydrogen) atoms. The Balaban J connectivity index is 1.75. The van der Waals surface area contributed by atoms with Gasteiger partial charge in [-0.1, -0.05) is 13.3 Å². The molecule has 2 fully saturated rings. The number of ketones is 1. The number of rotatable bonds is 3. The lowest BCUT2D eigenvalue weighted by atomic mass is 9.67. The van der Waals surface area contributed by atoms with Gasteiger partial charge in [-0.05, 0) is 12.8 Å². The van der Waals surface area contributed by atoms with E-state index in [4.69, 9.17) is 4.74 Å². The van der Waals surface area contributed by atoms with Crippen molar-refractivity contribution in [2.24, 2.45) is 5.41 Å². The van der Waals surface area contributed by atoms with Crippen LogP contribution in [0.25, 0.3) is 0 Å². The van der Waals surface area contributed by atoms with E-state index in [1.54, 1.807) is 4.90 Å². The van der Waals surface area contributed by atoms with E-state index in [2.05, 4.69) is 6.92 Å². The van der Waals surface area contributed by atoms with Crippen LogP contribution in [0.3, 0.4) is 0 Å². The first kappa shape index (κ1) is 11.4. The average molecular weight is 225 g/mol. The van der Waals surface area contributed by atoms with E-state index < -0.39 is 0 Å². The van der Waals surface area contributed by atoms with Crippen LogP contribution >= 0.6 is 0 Å². The summed E-state index contributed by atoms with van der Waals surface area (Å²) in [5.41, 5.74) is 0.112. The Kier molecular flexibility index (Phi) is 3.17. The zero-order valence-corrected chi connectivity index (χ0v) is 9.83. The summed E-state index contributed by atoms with van der Waals surface area (Å²) in [5, 5.41) is 0. The number of carbonyl (C=O) groups is 2. The first-order valence-corrected chi connectivity index (χ1v) is 6.09. The third-order valence-electron chi connectivity index (χ3n) is 3.56. The van der Waals surface area contributed by atoms with Gasteiger partial charge in [0.15, 0.2) is 0 Å². The van der Waals surface area contributed by atoms with E-state index in [9.17, 15) is 9.59 Å². The smallest absolute Gasteiger partial charge is 0.409 e. The predicted molar refractivity (Wildman–Crippen MR) is 59.1 cm³/mol. The lowest BCUT2D eigenvalue weighted by molar-refractivity contribution is -0.131. The van der Waals surface area contributed by atoms with Crippen molar-refractivity contribution in [3.8, 4) is 0 Å². The fourth-order valence-electron chi connectivity index (χ4n) is 2.56. The molecule has 4 nitrogen and oxygen atoms in total. The van der Waals surface area contributed by atoms with Crippen LogP contribution in [0.2, 0.25) is 0 Å². The van der Waals surface area contributed by atoms with Crippen molar-refractivity contribution >= 4 is 11.9 Å². The largest absolute Gasteiger partial charge is 0.449 e. The van der Waals surface area contributed by atoms with Crippen LogP contribution in [0.5, 0.6) is 0 Å². The topological polar surface area (TPSA) is 46.6 Å². The van der Waals surface area contributed by atoms with Gasteiger partial charge in [0.2, 0.25) is 0 Å². The van der Waals surface area contributed by atoms with E-state index in [1.165, 1.54) is 0 Å². The Labute approximate surface area is 95.9 Å². The van der Waals surface area contributed by atoms with Crippen molar-refractivity contribution < 1.29 is 14.3 Å². The van der Waals surface area contributed by atoms with E-state index in [-0.39, 0.29) is 11.5 Å². The van der Waals surface area contributed by atoms with E-state index in [1.807, 2.05) is 0 Å². The number of amides is 1. The molecule has 2 rings (SSSR count). The maximum absolute atomic E-state index is 11.6. The fraction of sp³-hybridized carbons (Fsp3) is 0.833. The highest BCUT2D eigenvalue weighted by Crippen LogP contribution is 2.45. The summed E-state index contributed by atoms with van der Waals surface area (Å²) in [5.74, 6) is 0.334. The van der Waals surface area contributed by atoms with E-state index in [0.717, 1.165) is 25.8 Å². The second-order valence-corrected chi connectivity index (χ2v) is 5.03. The standard InChI is InChI=1S/C12H19NO3/c1-2-3-6-16-11(15)13-5-4-12(9-13)7-10(14)8-12/h2-9H2,1H3. The van der Waals surface area contributed by atoms with Crippen molar-refractivity contribution in [3.05, 3.63) is 0 Å². The Bertz CT molecular complexity index is 293. The van der Waals surface area contributed by atoms with Gasteiger partial charge in [-0.2, -0.15) is 0 Å². The Morgan fingerprint density at radius 2 is 2.25 bits per heavy atom. The van der Waals surface area contributed by atoms with Gasteiger partial charge in [0.1, 0.15) is 5.78 Å². The second-order valence-electron chi connectivity index (χ2n) is 5.03. The van der Waals surface area contributed by atoms with Gasteiger partial charge in [0.05, 0.1) is 6.61 Å². The molecule has 0 bridgehead atoms. The highest BCUT2D eigenvalue weighted by atomic mass is 16.6. The number of likely N-dealkylation sites (tertiary alicyclic amines) is 1. The number of nitrogens with zero attached hydrogens (tertiary/aromatic N) is 1. The Morgan fingerprint density at radius 1 is 1.50 bits per heavy atom. The molecule has 1 heterocycles. The molecular weight excluding hydrogens is 206 g/mol. The van der Waals surface area contributed by atoms with Gasteiger partial charge in [-0.15, -0.1) is 0 Å². The molecule has 1 amide bonds. The molecule has 1 saturated heterocycles. The van der Waals surface area contributed by atoms with Crippen LogP contribution < -0.4 is 0 Å². The summed E-state index contributed by atoms with van der Waals surface area (Å²) in [6, 6.07) is 0. The first-order chi connectivity index (χ1) is 7.65. The zero-order chi connectivity index (χ0) is 11.6. The fourth-order valence-corrected chi connectivity index (χ4v) is 2.56. The molecule has 1 aliphatic heterocycles. The monoisotopic (exact) mass is 225 g/mol. The third-order valence-corrected chi connectivity index (χ3v) is 3.56. The number of hydrogen-bond acceptors (Lipinski definition) is 3. The van der Waals surface area contributed by atoms with Gasteiger partial charge in [-0.3, -0.25) is 4.79 Å². The van der Waals surface area contributed by atoms with Crippen LogP contribution in [0.1, 0.15) is 39.0 Å². The molecule has 90 valence electrons. The molecule has 1 saturated carbocycles. The minimum Gasteiger partial charge on any atom is -0.449 e. The lowest BCUT2D eigenvalue weighted by Gasteiger charge is -2.36. The highest BCUT2D eigenvalue weighted by molar-refractivity contribution is 5.86. The molecule has 2 aliphatic rings. The number of unbranched alkanes of at least 4 members (excludes halogenated alkanes) is 1. The zero-order valence-electron chi connectivity index (χ0n) is 9.83. The molecule has 1 aliphatic carbocycles. The minimum absolute atomic E-state index is 0.112. The minimum atomic E-state index is -0.204. The molecular formula is C12H19NO3. The third kappa shape index (κ3) is 2.20. The molecule has 0 aromatic heterocycles. The van der Waals surface area contributed by atoms with Gasteiger partial charge >= 0.3 is 6.09 Å². The summed E-state index contributed by atoms with van der Waals surface area (Å²) in [6.45, 7) is 4.04. The average Bonchev–Trinajstić information content (AvgIpc) is 2.62. The molecule has 0 atom stereocenters. The summed E-state index contributed by atoms with van der Waals surface area (Å²) < 4.78 is 5.16. The van der Waals surface area contributed by atoms with Crippen LogP contribution in [-0.2, 0) is 9.53 Å². The lowest BCUT2D eigenvalue weighted by Crippen LogP contribution is -2.41. The summed E-state index contributed by atoms with van der Waals surface area (Å²) in [6.07, 6.45) is 4.03. The number of carbonyl (C=O) groups excluding carboxylic acids is 2. The summed E-state index contributed by atoms with van der Waals surface area (Å²) in [4.78, 5) is 24.4. The first-order valence-electron chi connectivity index (χ1n) is 6.09. The van der Waals surface area contributed by atoms with Gasteiger partial charge in [0, 0.05) is 31.3 Å². The Hall–Kier alpha value is -1.06. The van der Waals surface area contributed by atoms with Crippen molar-refractivity contribution in [3.63, 3.8) is 0 Å². The van der Waals surface area contributed by atoms with Gasteiger partial charge in [-0.25, -0.2) is 4.79 Å². The predicted octanol–water partition coefficient (Wildman–Crippen LogP) is 1.98. The number of hydrogen-bond donors (Lipinski definition) is 0. The molecule has 0 N–H and O–H groups in total. The summed E-state index contributed by atoms with van der Waals surface area (Å²) >= 11 is 0. The van der Waals surface area contributed by atoms with Crippen LogP contribution in [-0.4, -0.2) is 36.5 Å². The van der Waals surface area contributed by atoms with Crippen LogP contribution in [0, 0.1) is 5.41 Å². The summed E-state index contributed by atoms with van der Waals surface area (Å²) in [7, 11) is 0.